The predicted molar refractivity (Wildman–Crippen MR) is 68.4 cm³/mol. The molecule has 0 aliphatic rings. The first-order valence-corrected chi connectivity index (χ1v) is 6.81. The molecule has 0 radical (unpaired) electrons. The van der Waals surface area contributed by atoms with Crippen LogP contribution in [0.5, 0.6) is 0 Å². The zero-order chi connectivity index (χ0) is 13.2. The van der Waals surface area contributed by atoms with Gasteiger partial charge >= 0.3 is 0 Å². The van der Waals surface area contributed by atoms with Gasteiger partial charge < -0.3 is 0 Å². The van der Waals surface area contributed by atoms with E-state index in [1.807, 2.05) is 0 Å². The normalized spacial score (nSPS) is 11.2. The van der Waals surface area contributed by atoms with Crippen LogP contribution in [0.2, 0.25) is 0 Å². The van der Waals surface area contributed by atoms with Crippen LogP contribution in [0.4, 0.5) is 10.1 Å². The number of hydrogen-bond acceptors (Lipinski definition) is 2. The van der Waals surface area contributed by atoms with Crippen molar-refractivity contribution in [2.24, 2.45) is 0 Å². The molecule has 0 amide bonds. The van der Waals surface area contributed by atoms with Crippen molar-refractivity contribution in [2.75, 3.05) is 4.72 Å². The molecule has 0 saturated carbocycles. The van der Waals surface area contributed by atoms with Crippen molar-refractivity contribution in [1.82, 2.24) is 0 Å². The van der Waals surface area contributed by atoms with Gasteiger partial charge in [-0.15, -0.1) is 0 Å². The fourth-order valence-corrected chi connectivity index (χ4v) is 2.60. The second-order valence-electron chi connectivity index (χ2n) is 3.90. The van der Waals surface area contributed by atoms with Gasteiger partial charge in [-0.25, -0.2) is 12.8 Å². The summed E-state index contributed by atoms with van der Waals surface area (Å²) >= 11 is 0. The fourth-order valence-electron chi connectivity index (χ4n) is 1.52. The molecule has 0 spiro atoms. The van der Waals surface area contributed by atoms with Crippen molar-refractivity contribution >= 4 is 15.7 Å². The molecule has 2 aromatic rings. The minimum Gasteiger partial charge on any atom is -0.277 e. The Balaban J connectivity index is 2.37. The summed E-state index contributed by atoms with van der Waals surface area (Å²) in [5.74, 6) is -0.597. The van der Waals surface area contributed by atoms with Crippen molar-refractivity contribution in [1.29, 1.82) is 0 Å². The Labute approximate surface area is 105 Å². The number of hydrogen-bond donors (Lipinski definition) is 1. The molecule has 0 aromatic heterocycles. The van der Waals surface area contributed by atoms with Crippen molar-refractivity contribution in [3.8, 4) is 0 Å². The van der Waals surface area contributed by atoms with Gasteiger partial charge in [0.05, 0.1) is 10.6 Å². The Bertz CT molecular complexity index is 654. The summed E-state index contributed by atoms with van der Waals surface area (Å²) in [4.78, 5) is 0.103. The van der Waals surface area contributed by atoms with Crippen LogP contribution in [0.15, 0.2) is 53.4 Å². The number of anilines is 1. The Morgan fingerprint density at radius 3 is 2.39 bits per heavy atom. The van der Waals surface area contributed by atoms with Gasteiger partial charge in [-0.1, -0.05) is 24.3 Å². The topological polar surface area (TPSA) is 46.2 Å². The van der Waals surface area contributed by atoms with E-state index in [4.69, 9.17) is 0 Å². The highest BCUT2D eigenvalue weighted by molar-refractivity contribution is 7.92. The monoisotopic (exact) mass is 265 g/mol. The van der Waals surface area contributed by atoms with E-state index >= 15 is 0 Å². The molecule has 0 aliphatic heterocycles. The lowest BCUT2D eigenvalue weighted by Gasteiger charge is -2.09. The molecular formula is C13H12FNO2S. The van der Waals surface area contributed by atoms with Gasteiger partial charge in [0.1, 0.15) is 5.82 Å². The molecule has 0 fully saturated rings. The average Bonchev–Trinajstić information content (AvgIpc) is 2.35. The van der Waals surface area contributed by atoms with E-state index in [1.165, 1.54) is 24.3 Å². The molecule has 0 aliphatic carbocycles. The number of rotatable bonds is 3. The Kier molecular flexibility index (Phi) is 3.34. The van der Waals surface area contributed by atoms with Crippen molar-refractivity contribution < 1.29 is 12.8 Å². The zero-order valence-corrected chi connectivity index (χ0v) is 10.5. The molecule has 0 atom stereocenters. The first-order chi connectivity index (χ1) is 8.49. The highest BCUT2D eigenvalue weighted by Crippen LogP contribution is 2.20. The molecular weight excluding hydrogens is 253 g/mol. The second-order valence-corrected chi connectivity index (χ2v) is 5.58. The smallest absolute Gasteiger partial charge is 0.261 e. The maximum Gasteiger partial charge on any atom is 0.261 e. The van der Waals surface area contributed by atoms with Gasteiger partial charge in [0.25, 0.3) is 10.0 Å². The van der Waals surface area contributed by atoms with E-state index in [0.29, 0.717) is 0 Å². The largest absolute Gasteiger partial charge is 0.277 e. The van der Waals surface area contributed by atoms with Gasteiger partial charge in [0, 0.05) is 0 Å². The number of halogens is 1. The standard InChI is InChI=1S/C13H12FNO2S/c1-10-7-8-12(14)13(9-10)15-18(16,17)11-5-3-2-4-6-11/h2-9,15H,1H3. The van der Waals surface area contributed by atoms with E-state index in [-0.39, 0.29) is 10.6 Å². The first kappa shape index (κ1) is 12.6. The highest BCUT2D eigenvalue weighted by atomic mass is 32.2. The minimum absolute atomic E-state index is 0.0427. The molecule has 0 saturated heterocycles. The third kappa shape index (κ3) is 2.68. The van der Waals surface area contributed by atoms with Crippen molar-refractivity contribution in [3.05, 3.63) is 59.9 Å². The number of sulfonamides is 1. The fraction of sp³-hybridized carbons (Fsp3) is 0.0769. The van der Waals surface area contributed by atoms with Gasteiger partial charge in [-0.2, -0.15) is 0 Å². The van der Waals surface area contributed by atoms with Crippen LogP contribution in [0, 0.1) is 12.7 Å². The van der Waals surface area contributed by atoms with Crippen LogP contribution in [0.25, 0.3) is 0 Å². The minimum atomic E-state index is -3.74. The lowest BCUT2D eigenvalue weighted by molar-refractivity contribution is 0.598. The third-order valence-corrected chi connectivity index (χ3v) is 3.80. The van der Waals surface area contributed by atoms with E-state index in [0.717, 1.165) is 5.56 Å². The third-order valence-electron chi connectivity index (χ3n) is 2.42. The summed E-state index contributed by atoms with van der Waals surface area (Å²) in [6, 6.07) is 12.1. The maximum atomic E-state index is 13.5. The first-order valence-electron chi connectivity index (χ1n) is 5.33. The van der Waals surface area contributed by atoms with Gasteiger partial charge in [0.2, 0.25) is 0 Å². The lowest BCUT2D eigenvalue weighted by Crippen LogP contribution is -2.13. The van der Waals surface area contributed by atoms with Gasteiger partial charge in [-0.3, -0.25) is 4.72 Å². The summed E-state index contributed by atoms with van der Waals surface area (Å²) in [5.41, 5.74) is 0.737. The molecule has 0 bridgehead atoms. The summed E-state index contributed by atoms with van der Waals surface area (Å²) in [6.45, 7) is 1.76. The van der Waals surface area contributed by atoms with Crippen LogP contribution < -0.4 is 4.72 Å². The van der Waals surface area contributed by atoms with Crippen LogP contribution in [0.3, 0.4) is 0 Å². The quantitative estimate of drug-likeness (QED) is 0.927. The van der Waals surface area contributed by atoms with Crippen LogP contribution in [-0.2, 0) is 10.0 Å². The molecule has 5 heteroatoms. The summed E-state index contributed by atoms with van der Waals surface area (Å²) in [5, 5.41) is 0. The molecule has 2 aromatic carbocycles. The van der Waals surface area contributed by atoms with Crippen molar-refractivity contribution in [2.45, 2.75) is 11.8 Å². The molecule has 3 nitrogen and oxygen atoms in total. The zero-order valence-electron chi connectivity index (χ0n) is 9.72. The number of aryl methyl sites for hydroxylation is 1. The van der Waals surface area contributed by atoms with E-state index in [2.05, 4.69) is 4.72 Å². The molecule has 2 rings (SSSR count). The Hall–Kier alpha value is -1.88. The summed E-state index contributed by atoms with van der Waals surface area (Å²) < 4.78 is 39.7. The number of nitrogens with one attached hydrogen (secondary N) is 1. The Morgan fingerprint density at radius 2 is 1.72 bits per heavy atom. The predicted octanol–water partition coefficient (Wildman–Crippen LogP) is 2.93. The maximum absolute atomic E-state index is 13.5. The molecule has 0 heterocycles. The van der Waals surface area contributed by atoms with E-state index < -0.39 is 15.8 Å². The highest BCUT2D eigenvalue weighted by Gasteiger charge is 2.15. The molecule has 0 unspecified atom stereocenters. The summed E-state index contributed by atoms with van der Waals surface area (Å²) in [6.07, 6.45) is 0. The number of benzene rings is 2. The summed E-state index contributed by atoms with van der Waals surface area (Å²) in [7, 11) is -3.74. The van der Waals surface area contributed by atoms with E-state index in [9.17, 15) is 12.8 Å². The average molecular weight is 265 g/mol. The van der Waals surface area contributed by atoms with Crippen LogP contribution in [0.1, 0.15) is 5.56 Å². The lowest BCUT2D eigenvalue weighted by atomic mass is 10.2. The molecule has 18 heavy (non-hydrogen) atoms. The SMILES string of the molecule is Cc1ccc(F)c(NS(=O)(=O)c2ccccc2)c1. The van der Waals surface area contributed by atoms with Gasteiger partial charge in [-0.05, 0) is 36.8 Å². The van der Waals surface area contributed by atoms with Gasteiger partial charge in [0.15, 0.2) is 0 Å². The Morgan fingerprint density at radius 1 is 1.06 bits per heavy atom. The van der Waals surface area contributed by atoms with Crippen LogP contribution in [-0.4, -0.2) is 8.42 Å². The molecule has 94 valence electrons. The van der Waals surface area contributed by atoms with Crippen molar-refractivity contribution in [3.63, 3.8) is 0 Å². The second kappa shape index (κ2) is 4.78. The van der Waals surface area contributed by atoms with Crippen LogP contribution >= 0.6 is 0 Å². The molecule has 1 N–H and O–H groups in total. The van der Waals surface area contributed by atoms with E-state index in [1.54, 1.807) is 31.2 Å².